The van der Waals surface area contributed by atoms with Crippen LogP contribution >= 0.6 is 34.5 Å². The minimum absolute atomic E-state index is 0.143. The van der Waals surface area contributed by atoms with Gasteiger partial charge in [-0.05, 0) is 18.2 Å². The highest BCUT2D eigenvalue weighted by Gasteiger charge is 2.21. The maximum absolute atomic E-state index is 11.6. The van der Waals surface area contributed by atoms with E-state index in [1.54, 1.807) is 18.2 Å². The Kier molecular flexibility index (Phi) is 3.75. The molecule has 0 saturated heterocycles. The summed E-state index contributed by atoms with van der Waals surface area (Å²) in [6.45, 7) is 0. The van der Waals surface area contributed by atoms with Crippen molar-refractivity contribution < 1.29 is 9.53 Å². The fourth-order valence-corrected chi connectivity index (χ4v) is 2.72. The number of halogens is 2. The molecule has 1 heterocycles. The molecule has 0 radical (unpaired) electrons. The van der Waals surface area contributed by atoms with E-state index in [4.69, 9.17) is 28.9 Å². The molecule has 0 fully saturated rings. The van der Waals surface area contributed by atoms with Gasteiger partial charge < -0.3 is 10.5 Å². The van der Waals surface area contributed by atoms with Gasteiger partial charge in [0, 0.05) is 15.6 Å². The molecular weight excluding hydrogens is 295 g/mol. The first-order chi connectivity index (χ1) is 8.52. The zero-order valence-electron chi connectivity index (χ0n) is 9.24. The van der Waals surface area contributed by atoms with E-state index < -0.39 is 5.97 Å². The minimum atomic E-state index is -0.561. The molecule has 1 aromatic carbocycles. The third-order valence-electron chi connectivity index (χ3n) is 2.20. The van der Waals surface area contributed by atoms with Crippen molar-refractivity contribution in [3.63, 3.8) is 0 Å². The van der Waals surface area contributed by atoms with Gasteiger partial charge in [0.1, 0.15) is 0 Å². The topological polar surface area (TPSA) is 65.2 Å². The molecule has 94 valence electrons. The molecule has 7 heteroatoms. The van der Waals surface area contributed by atoms with Gasteiger partial charge in [0.25, 0.3) is 0 Å². The van der Waals surface area contributed by atoms with Gasteiger partial charge in [0.05, 0.1) is 12.0 Å². The van der Waals surface area contributed by atoms with Gasteiger partial charge in [0.15, 0.2) is 10.8 Å². The van der Waals surface area contributed by atoms with Crippen molar-refractivity contribution in [3.05, 3.63) is 33.9 Å². The lowest BCUT2D eigenvalue weighted by Gasteiger charge is -2.04. The Hall–Kier alpha value is -1.30. The summed E-state index contributed by atoms with van der Waals surface area (Å²) in [7, 11) is 1.28. The molecule has 0 bridgehead atoms. The van der Waals surface area contributed by atoms with Gasteiger partial charge in [-0.3, -0.25) is 0 Å². The predicted octanol–water partition coefficient (Wildman–Crippen LogP) is 3.49. The fraction of sp³-hybridized carbons (Fsp3) is 0.0909. The van der Waals surface area contributed by atoms with Gasteiger partial charge in [-0.25, -0.2) is 9.78 Å². The molecule has 0 aliphatic rings. The van der Waals surface area contributed by atoms with E-state index in [1.165, 1.54) is 7.11 Å². The molecule has 0 aliphatic heterocycles. The van der Waals surface area contributed by atoms with Crippen LogP contribution in [0.25, 0.3) is 10.4 Å². The van der Waals surface area contributed by atoms with E-state index in [0.717, 1.165) is 11.3 Å². The second-order valence-corrected chi connectivity index (χ2v) is 5.22. The van der Waals surface area contributed by atoms with Crippen molar-refractivity contribution in [2.24, 2.45) is 0 Å². The molecule has 0 saturated carbocycles. The minimum Gasteiger partial charge on any atom is -0.464 e. The van der Waals surface area contributed by atoms with Crippen LogP contribution in [0.15, 0.2) is 18.2 Å². The SMILES string of the molecule is COC(=O)c1nc(N)sc1-c1cc(Cl)ccc1Cl. The lowest BCUT2D eigenvalue weighted by molar-refractivity contribution is 0.0596. The first-order valence-electron chi connectivity index (χ1n) is 4.83. The Labute approximate surface area is 117 Å². The molecule has 1 aromatic heterocycles. The van der Waals surface area contributed by atoms with E-state index in [0.29, 0.717) is 20.5 Å². The van der Waals surface area contributed by atoms with Crippen molar-refractivity contribution in [2.75, 3.05) is 12.8 Å². The van der Waals surface area contributed by atoms with Crippen LogP contribution < -0.4 is 5.73 Å². The molecule has 0 atom stereocenters. The molecule has 0 amide bonds. The smallest absolute Gasteiger partial charge is 0.358 e. The fourth-order valence-electron chi connectivity index (χ4n) is 1.43. The lowest BCUT2D eigenvalue weighted by atomic mass is 10.1. The summed E-state index contributed by atoms with van der Waals surface area (Å²) >= 11 is 13.2. The number of carbonyl (C=O) groups is 1. The Balaban J connectivity index is 2.63. The van der Waals surface area contributed by atoms with Gasteiger partial charge in [-0.1, -0.05) is 34.5 Å². The summed E-state index contributed by atoms with van der Waals surface area (Å²) in [6.07, 6.45) is 0. The van der Waals surface area contributed by atoms with E-state index in [2.05, 4.69) is 9.72 Å². The van der Waals surface area contributed by atoms with E-state index in [-0.39, 0.29) is 10.8 Å². The van der Waals surface area contributed by atoms with Crippen LogP contribution in [0.2, 0.25) is 10.0 Å². The quantitative estimate of drug-likeness (QED) is 0.863. The summed E-state index contributed by atoms with van der Waals surface area (Å²) in [5.74, 6) is -0.561. The largest absolute Gasteiger partial charge is 0.464 e. The van der Waals surface area contributed by atoms with Gasteiger partial charge in [-0.15, -0.1) is 0 Å². The van der Waals surface area contributed by atoms with E-state index in [9.17, 15) is 4.79 Å². The van der Waals surface area contributed by atoms with Crippen molar-refractivity contribution in [2.45, 2.75) is 0 Å². The normalized spacial score (nSPS) is 10.4. The predicted molar refractivity (Wildman–Crippen MR) is 73.3 cm³/mol. The first-order valence-corrected chi connectivity index (χ1v) is 6.40. The number of benzene rings is 1. The van der Waals surface area contributed by atoms with Crippen molar-refractivity contribution in [3.8, 4) is 10.4 Å². The summed E-state index contributed by atoms with van der Waals surface area (Å²) in [6, 6.07) is 4.97. The second-order valence-electron chi connectivity index (χ2n) is 3.35. The zero-order valence-corrected chi connectivity index (χ0v) is 11.6. The number of nitrogens with two attached hydrogens (primary N) is 1. The van der Waals surface area contributed by atoms with E-state index in [1.807, 2.05) is 0 Å². The monoisotopic (exact) mass is 302 g/mol. The van der Waals surface area contributed by atoms with Gasteiger partial charge >= 0.3 is 5.97 Å². The number of esters is 1. The van der Waals surface area contributed by atoms with Crippen LogP contribution in [0.1, 0.15) is 10.5 Å². The number of ether oxygens (including phenoxy) is 1. The van der Waals surface area contributed by atoms with E-state index >= 15 is 0 Å². The molecule has 0 aliphatic carbocycles. The number of methoxy groups -OCH3 is 1. The average molecular weight is 303 g/mol. The molecule has 4 nitrogen and oxygen atoms in total. The molecule has 2 aromatic rings. The van der Waals surface area contributed by atoms with Gasteiger partial charge in [-0.2, -0.15) is 0 Å². The average Bonchev–Trinajstić information content (AvgIpc) is 2.73. The van der Waals surface area contributed by atoms with Crippen LogP contribution in [0.5, 0.6) is 0 Å². The Morgan fingerprint density at radius 1 is 1.44 bits per heavy atom. The van der Waals surface area contributed by atoms with Crippen LogP contribution in [0.4, 0.5) is 5.13 Å². The summed E-state index contributed by atoms with van der Waals surface area (Å²) < 4.78 is 4.66. The second kappa shape index (κ2) is 5.14. The number of hydrogen-bond donors (Lipinski definition) is 1. The number of aromatic nitrogens is 1. The Bertz CT molecular complexity index is 613. The molecule has 0 spiro atoms. The molecule has 2 N–H and O–H groups in total. The zero-order chi connectivity index (χ0) is 13.3. The third-order valence-corrected chi connectivity index (χ3v) is 3.68. The number of thiazole rings is 1. The van der Waals surface area contributed by atoms with Crippen LogP contribution in [0, 0.1) is 0 Å². The third kappa shape index (κ3) is 2.43. The summed E-state index contributed by atoms with van der Waals surface area (Å²) in [5.41, 5.74) is 6.37. The Morgan fingerprint density at radius 2 is 2.17 bits per heavy atom. The van der Waals surface area contributed by atoms with Crippen molar-refractivity contribution >= 4 is 45.6 Å². The van der Waals surface area contributed by atoms with Gasteiger partial charge in [0.2, 0.25) is 0 Å². The van der Waals surface area contributed by atoms with Crippen molar-refractivity contribution in [1.82, 2.24) is 4.98 Å². The number of carbonyl (C=O) groups excluding carboxylic acids is 1. The molecular formula is C11H8Cl2N2O2S. The maximum atomic E-state index is 11.6. The highest BCUT2D eigenvalue weighted by molar-refractivity contribution is 7.19. The molecule has 0 unspecified atom stereocenters. The highest BCUT2D eigenvalue weighted by atomic mass is 35.5. The number of rotatable bonds is 2. The van der Waals surface area contributed by atoms with Crippen LogP contribution in [0.3, 0.4) is 0 Å². The highest BCUT2D eigenvalue weighted by Crippen LogP contribution is 2.37. The first kappa shape index (κ1) is 13.1. The number of hydrogen-bond acceptors (Lipinski definition) is 5. The molecule has 18 heavy (non-hydrogen) atoms. The van der Waals surface area contributed by atoms with Crippen molar-refractivity contribution in [1.29, 1.82) is 0 Å². The number of nitrogen functional groups attached to an aromatic ring is 1. The Morgan fingerprint density at radius 3 is 2.83 bits per heavy atom. The number of nitrogens with zero attached hydrogens (tertiary/aromatic N) is 1. The lowest BCUT2D eigenvalue weighted by Crippen LogP contribution is -2.03. The number of anilines is 1. The summed E-state index contributed by atoms with van der Waals surface area (Å²) in [5, 5.41) is 1.24. The maximum Gasteiger partial charge on any atom is 0.358 e. The molecule has 2 rings (SSSR count). The summed E-state index contributed by atoms with van der Waals surface area (Å²) in [4.78, 5) is 16.1. The van der Waals surface area contributed by atoms with Crippen LogP contribution in [-0.4, -0.2) is 18.1 Å². The standard InChI is InChI=1S/C11H8Cl2N2O2S/c1-17-10(16)8-9(18-11(14)15-8)6-4-5(12)2-3-7(6)13/h2-4H,1H3,(H2,14,15). The van der Waals surface area contributed by atoms with Crippen LogP contribution in [-0.2, 0) is 4.74 Å².